The van der Waals surface area contributed by atoms with Gasteiger partial charge in [0.05, 0.1) is 24.5 Å². The van der Waals surface area contributed by atoms with Gasteiger partial charge in [-0.05, 0) is 36.1 Å². The van der Waals surface area contributed by atoms with Crippen molar-refractivity contribution >= 4 is 23.2 Å². The summed E-state index contributed by atoms with van der Waals surface area (Å²) in [5, 5.41) is 33.1. The van der Waals surface area contributed by atoms with Crippen LogP contribution in [0.4, 0.5) is 5.69 Å². The molecule has 10 heteroatoms. The summed E-state index contributed by atoms with van der Waals surface area (Å²) in [5.74, 6) is -0.371. The van der Waals surface area contributed by atoms with Crippen LogP contribution < -0.4 is 10.1 Å². The first-order chi connectivity index (χ1) is 16.4. The summed E-state index contributed by atoms with van der Waals surface area (Å²) in [6, 6.07) is 6.09. The lowest BCUT2D eigenvalue weighted by Gasteiger charge is -2.22. The number of nitrogens with one attached hydrogen (secondary N) is 2. The van der Waals surface area contributed by atoms with E-state index in [0.717, 1.165) is 11.6 Å². The van der Waals surface area contributed by atoms with Crippen molar-refractivity contribution in [2.24, 2.45) is 0 Å². The van der Waals surface area contributed by atoms with Gasteiger partial charge in [-0.1, -0.05) is 20.8 Å². The Hall–Kier alpha value is -3.95. The van der Waals surface area contributed by atoms with Crippen LogP contribution in [-0.2, 0) is 23.2 Å². The molecule has 0 aliphatic carbocycles. The zero-order valence-corrected chi connectivity index (χ0v) is 20.5. The highest BCUT2D eigenvalue weighted by atomic mass is 16.6. The van der Waals surface area contributed by atoms with Crippen LogP contribution in [0.15, 0.2) is 24.3 Å². The third-order valence-corrected chi connectivity index (χ3v) is 5.90. The maximum absolute atomic E-state index is 13.2. The maximum atomic E-state index is 13.2. The van der Waals surface area contributed by atoms with Crippen LogP contribution in [0.3, 0.4) is 0 Å². The predicted molar refractivity (Wildman–Crippen MR) is 130 cm³/mol. The smallest absolute Gasteiger partial charge is 0.311 e. The maximum Gasteiger partial charge on any atom is 0.311 e. The molecule has 3 N–H and O–H groups in total. The SMILES string of the molecule is CCOc1cc2c(cc1CC(=O)NC)C(=N)N(CC(=O)c1cc([N+](=O)[O-])c(O)c(C(C)(C)C)c1)C2. The highest BCUT2D eigenvalue weighted by molar-refractivity contribution is 6.06. The van der Waals surface area contributed by atoms with Gasteiger partial charge in [0.15, 0.2) is 11.5 Å². The zero-order chi connectivity index (χ0) is 26.1. The van der Waals surface area contributed by atoms with Gasteiger partial charge in [-0.25, -0.2) is 0 Å². The van der Waals surface area contributed by atoms with Gasteiger partial charge in [-0.3, -0.25) is 25.1 Å². The quantitative estimate of drug-likeness (QED) is 0.297. The number of ketones is 1. The lowest BCUT2D eigenvalue weighted by atomic mass is 9.84. The minimum Gasteiger partial charge on any atom is -0.502 e. The molecule has 0 fully saturated rings. The van der Waals surface area contributed by atoms with E-state index < -0.39 is 27.6 Å². The van der Waals surface area contributed by atoms with Crippen LogP contribution in [0.1, 0.15) is 60.3 Å². The second kappa shape index (κ2) is 9.73. The van der Waals surface area contributed by atoms with Crippen LogP contribution in [0, 0.1) is 15.5 Å². The number of nitrogens with zero attached hydrogens (tertiary/aromatic N) is 2. The van der Waals surface area contributed by atoms with Crippen LogP contribution in [0.2, 0.25) is 0 Å². The molecule has 10 nitrogen and oxygen atoms in total. The molecule has 1 aliphatic rings. The number of aromatic hydroxyl groups is 1. The molecule has 1 aliphatic heterocycles. The van der Waals surface area contributed by atoms with Crippen molar-refractivity contribution in [3.05, 3.63) is 62.2 Å². The fourth-order valence-electron chi connectivity index (χ4n) is 4.05. The molecule has 0 radical (unpaired) electrons. The Labute approximate surface area is 203 Å². The Morgan fingerprint density at radius 2 is 1.94 bits per heavy atom. The second-order valence-corrected chi connectivity index (χ2v) is 9.43. The van der Waals surface area contributed by atoms with Crippen molar-refractivity contribution in [2.45, 2.75) is 46.1 Å². The molecule has 0 unspecified atom stereocenters. The largest absolute Gasteiger partial charge is 0.502 e. The minimum atomic E-state index is -0.710. The fourth-order valence-corrected chi connectivity index (χ4v) is 4.05. The molecular formula is C25H30N4O6. The Balaban J connectivity index is 1.91. The topological polar surface area (TPSA) is 146 Å². The summed E-state index contributed by atoms with van der Waals surface area (Å²) in [4.78, 5) is 37.5. The third kappa shape index (κ3) is 5.26. The zero-order valence-electron chi connectivity index (χ0n) is 20.5. The van der Waals surface area contributed by atoms with Crippen molar-refractivity contribution in [1.29, 1.82) is 5.41 Å². The molecule has 35 heavy (non-hydrogen) atoms. The number of hydrogen-bond acceptors (Lipinski definition) is 7. The van der Waals surface area contributed by atoms with E-state index in [1.54, 1.807) is 44.9 Å². The highest BCUT2D eigenvalue weighted by Crippen LogP contribution is 2.39. The van der Waals surface area contributed by atoms with Crippen molar-refractivity contribution in [3.8, 4) is 11.5 Å². The number of amides is 1. The summed E-state index contributed by atoms with van der Waals surface area (Å²) < 4.78 is 5.70. The summed E-state index contributed by atoms with van der Waals surface area (Å²) in [7, 11) is 1.55. The van der Waals surface area contributed by atoms with E-state index in [2.05, 4.69) is 5.32 Å². The normalized spacial score (nSPS) is 12.9. The number of ether oxygens (including phenoxy) is 1. The monoisotopic (exact) mass is 482 g/mol. The molecule has 0 saturated carbocycles. The summed E-state index contributed by atoms with van der Waals surface area (Å²) in [6.45, 7) is 7.74. The molecule has 0 spiro atoms. The van der Waals surface area contributed by atoms with Crippen molar-refractivity contribution in [1.82, 2.24) is 10.2 Å². The number of amidine groups is 1. The van der Waals surface area contributed by atoms with Crippen molar-refractivity contribution in [2.75, 3.05) is 20.2 Å². The molecule has 2 aromatic rings. The molecule has 1 amide bonds. The Morgan fingerprint density at radius 3 is 2.51 bits per heavy atom. The molecule has 0 atom stereocenters. The first-order valence-corrected chi connectivity index (χ1v) is 11.3. The van der Waals surface area contributed by atoms with Crippen molar-refractivity contribution < 1.29 is 24.4 Å². The molecule has 186 valence electrons. The number of rotatable bonds is 8. The molecule has 2 aromatic carbocycles. The number of carbonyl (C=O) groups is 2. The number of Topliss-reactive ketones (excluding diaryl/α,β-unsaturated/α-hetero) is 1. The molecular weight excluding hydrogens is 452 g/mol. The lowest BCUT2D eigenvalue weighted by Crippen LogP contribution is -2.30. The fraction of sp³-hybridized carbons (Fsp3) is 0.400. The number of nitro groups is 1. The number of carbonyl (C=O) groups excluding carboxylic acids is 2. The highest BCUT2D eigenvalue weighted by Gasteiger charge is 2.31. The van der Waals surface area contributed by atoms with Gasteiger partial charge >= 0.3 is 5.69 Å². The van der Waals surface area contributed by atoms with E-state index in [1.807, 2.05) is 6.92 Å². The summed E-state index contributed by atoms with van der Waals surface area (Å²) in [5.41, 5.74) is 1.28. The van der Waals surface area contributed by atoms with Crippen LogP contribution in [0.25, 0.3) is 0 Å². The van der Waals surface area contributed by atoms with E-state index in [0.29, 0.717) is 29.0 Å². The van der Waals surface area contributed by atoms with Crippen molar-refractivity contribution in [3.63, 3.8) is 0 Å². The number of hydrogen-bond donors (Lipinski definition) is 3. The summed E-state index contributed by atoms with van der Waals surface area (Å²) in [6.07, 6.45) is 0.0953. The van der Waals surface area contributed by atoms with Gasteiger partial charge < -0.3 is 20.1 Å². The van der Waals surface area contributed by atoms with E-state index in [9.17, 15) is 24.8 Å². The first-order valence-electron chi connectivity index (χ1n) is 11.3. The number of benzene rings is 2. The third-order valence-electron chi connectivity index (χ3n) is 5.90. The van der Waals surface area contributed by atoms with Gasteiger partial charge in [-0.15, -0.1) is 0 Å². The van der Waals surface area contributed by atoms with Crippen LogP contribution in [-0.4, -0.2) is 52.7 Å². The average molecular weight is 483 g/mol. The van der Waals surface area contributed by atoms with Gasteiger partial charge in [0, 0.05) is 41.9 Å². The predicted octanol–water partition coefficient (Wildman–Crippen LogP) is 3.31. The molecule has 0 bridgehead atoms. The van der Waals surface area contributed by atoms with Gasteiger partial charge in [0.25, 0.3) is 0 Å². The number of phenolic OH excluding ortho intramolecular Hbond substituents is 1. The number of fused-ring (bicyclic) bond motifs is 1. The van der Waals surface area contributed by atoms with E-state index in [-0.39, 0.29) is 36.8 Å². The Bertz CT molecular complexity index is 1220. The van der Waals surface area contributed by atoms with E-state index in [4.69, 9.17) is 10.1 Å². The number of likely N-dealkylation sites (N-methyl/N-ethyl adjacent to an activating group) is 1. The Morgan fingerprint density at radius 1 is 1.26 bits per heavy atom. The molecule has 0 aromatic heterocycles. The van der Waals surface area contributed by atoms with Crippen LogP contribution in [0.5, 0.6) is 11.5 Å². The first kappa shape index (κ1) is 25.7. The standard InChI is InChI=1S/C25H30N4O6/c1-6-35-21-10-16-12-28(24(26)17(16)7-15(21)11-22(31)27-5)13-20(30)14-8-18(25(2,3)4)23(32)19(9-14)29(33)34/h7-10,26,32H,6,11-13H2,1-5H3,(H,27,31). The summed E-state index contributed by atoms with van der Waals surface area (Å²) >= 11 is 0. The van der Waals surface area contributed by atoms with E-state index in [1.165, 1.54) is 6.07 Å². The number of nitro benzene ring substituents is 1. The average Bonchev–Trinajstić information content (AvgIpc) is 3.07. The van der Waals surface area contributed by atoms with E-state index >= 15 is 0 Å². The minimum absolute atomic E-state index is 0.0953. The number of phenols is 1. The molecule has 3 rings (SSSR count). The van der Waals surface area contributed by atoms with Gasteiger partial charge in [-0.2, -0.15) is 0 Å². The van der Waals surface area contributed by atoms with Gasteiger partial charge in [0.1, 0.15) is 11.6 Å². The lowest BCUT2D eigenvalue weighted by molar-refractivity contribution is -0.386. The second-order valence-electron chi connectivity index (χ2n) is 9.43. The Kier molecular flexibility index (Phi) is 7.14. The van der Waals surface area contributed by atoms with Gasteiger partial charge in [0.2, 0.25) is 5.91 Å². The molecule has 0 saturated heterocycles. The van der Waals surface area contributed by atoms with Crippen LogP contribution >= 0.6 is 0 Å². The molecule has 1 heterocycles.